The molecular formula is C11H14ClN5. The highest BCUT2D eigenvalue weighted by Crippen LogP contribution is 2.24. The molecule has 3 heterocycles. The van der Waals surface area contributed by atoms with Gasteiger partial charge in [-0.1, -0.05) is 18.5 Å². The molecule has 1 saturated heterocycles. The van der Waals surface area contributed by atoms with E-state index >= 15 is 0 Å². The van der Waals surface area contributed by atoms with Crippen LogP contribution in [0.2, 0.25) is 5.15 Å². The van der Waals surface area contributed by atoms with Crippen molar-refractivity contribution in [2.24, 2.45) is 5.92 Å². The summed E-state index contributed by atoms with van der Waals surface area (Å²) in [5.41, 5.74) is 0. The fourth-order valence-electron chi connectivity index (χ4n) is 2.23. The van der Waals surface area contributed by atoms with Crippen LogP contribution in [0.25, 0.3) is 5.78 Å². The highest BCUT2D eigenvalue weighted by molar-refractivity contribution is 6.29. The number of hydrogen-bond donors (Lipinski definition) is 0. The van der Waals surface area contributed by atoms with E-state index in [1.165, 1.54) is 19.2 Å². The van der Waals surface area contributed by atoms with Gasteiger partial charge in [-0.2, -0.15) is 19.6 Å². The molecule has 0 N–H and O–H groups in total. The lowest BCUT2D eigenvalue weighted by atomic mass is 9.99. The number of aromatic nitrogens is 4. The Hall–Kier alpha value is -1.36. The molecule has 1 aliphatic heterocycles. The van der Waals surface area contributed by atoms with Crippen LogP contribution in [-0.2, 0) is 0 Å². The Labute approximate surface area is 104 Å². The quantitative estimate of drug-likeness (QED) is 0.728. The molecule has 0 aliphatic carbocycles. The summed E-state index contributed by atoms with van der Waals surface area (Å²) in [7, 11) is 0. The van der Waals surface area contributed by atoms with Crippen LogP contribution in [0.15, 0.2) is 12.4 Å². The zero-order chi connectivity index (χ0) is 11.8. The van der Waals surface area contributed by atoms with Crippen LogP contribution in [0.3, 0.4) is 0 Å². The molecule has 0 spiro atoms. The maximum atomic E-state index is 6.01. The Morgan fingerprint density at radius 3 is 2.88 bits per heavy atom. The standard InChI is InChI=1S/C11H14ClN5/c1-8-2-4-16(5-3-8)10-6-9(12)15-11-13-7-14-17(10)11/h6-8H,2-5H2,1H3. The van der Waals surface area contributed by atoms with Crippen molar-refractivity contribution >= 4 is 23.2 Å². The molecule has 0 aromatic carbocycles. The van der Waals surface area contributed by atoms with Crippen molar-refractivity contribution < 1.29 is 0 Å². The second-order valence-electron chi connectivity index (χ2n) is 4.58. The van der Waals surface area contributed by atoms with Crippen molar-refractivity contribution in [2.75, 3.05) is 18.0 Å². The molecule has 5 nitrogen and oxygen atoms in total. The molecule has 0 saturated carbocycles. The van der Waals surface area contributed by atoms with E-state index in [0.29, 0.717) is 10.9 Å². The van der Waals surface area contributed by atoms with Gasteiger partial charge in [0.15, 0.2) is 0 Å². The molecule has 0 unspecified atom stereocenters. The number of anilines is 1. The summed E-state index contributed by atoms with van der Waals surface area (Å²) in [4.78, 5) is 10.5. The number of halogens is 1. The van der Waals surface area contributed by atoms with Gasteiger partial charge in [0, 0.05) is 19.2 Å². The predicted molar refractivity (Wildman–Crippen MR) is 66.4 cm³/mol. The fourth-order valence-corrected chi connectivity index (χ4v) is 2.40. The molecule has 3 rings (SSSR count). The lowest BCUT2D eigenvalue weighted by Gasteiger charge is -2.31. The number of hydrogen-bond acceptors (Lipinski definition) is 4. The third-order valence-corrected chi connectivity index (χ3v) is 3.50. The minimum atomic E-state index is 0.471. The first-order chi connectivity index (χ1) is 8.24. The van der Waals surface area contributed by atoms with E-state index in [9.17, 15) is 0 Å². The van der Waals surface area contributed by atoms with Crippen molar-refractivity contribution in [3.05, 3.63) is 17.5 Å². The SMILES string of the molecule is CC1CCN(c2cc(Cl)nc3ncnn23)CC1. The monoisotopic (exact) mass is 251 g/mol. The number of piperidine rings is 1. The third kappa shape index (κ3) is 1.95. The van der Waals surface area contributed by atoms with Gasteiger partial charge in [0.25, 0.3) is 5.78 Å². The Bertz CT molecular complexity index is 530. The van der Waals surface area contributed by atoms with Crippen molar-refractivity contribution in [2.45, 2.75) is 19.8 Å². The summed E-state index contributed by atoms with van der Waals surface area (Å²) in [6, 6.07) is 1.86. The van der Waals surface area contributed by atoms with Gasteiger partial charge in [0.2, 0.25) is 0 Å². The zero-order valence-electron chi connectivity index (χ0n) is 9.67. The highest BCUT2D eigenvalue weighted by Gasteiger charge is 2.19. The summed E-state index contributed by atoms with van der Waals surface area (Å²) in [5, 5.41) is 4.67. The number of rotatable bonds is 1. The van der Waals surface area contributed by atoms with Crippen molar-refractivity contribution in [1.29, 1.82) is 0 Å². The van der Waals surface area contributed by atoms with Crippen LogP contribution >= 0.6 is 11.6 Å². The molecule has 90 valence electrons. The average Bonchev–Trinajstić information content (AvgIpc) is 2.77. The maximum Gasteiger partial charge on any atom is 0.255 e. The maximum absolute atomic E-state index is 6.01. The summed E-state index contributed by atoms with van der Waals surface area (Å²) in [5.74, 6) is 2.35. The summed E-state index contributed by atoms with van der Waals surface area (Å²) >= 11 is 6.01. The Morgan fingerprint density at radius 2 is 2.12 bits per heavy atom. The lowest BCUT2D eigenvalue weighted by molar-refractivity contribution is 0.435. The van der Waals surface area contributed by atoms with E-state index in [0.717, 1.165) is 24.8 Å². The van der Waals surface area contributed by atoms with Gasteiger partial charge in [-0.3, -0.25) is 0 Å². The van der Waals surface area contributed by atoms with Crippen LogP contribution in [-0.4, -0.2) is 32.7 Å². The van der Waals surface area contributed by atoms with Gasteiger partial charge in [0.1, 0.15) is 17.3 Å². The van der Waals surface area contributed by atoms with Gasteiger partial charge in [-0.05, 0) is 18.8 Å². The van der Waals surface area contributed by atoms with E-state index in [1.807, 2.05) is 6.07 Å². The Morgan fingerprint density at radius 1 is 1.35 bits per heavy atom. The van der Waals surface area contributed by atoms with Gasteiger partial charge in [-0.15, -0.1) is 0 Å². The molecule has 0 atom stereocenters. The molecule has 1 fully saturated rings. The first-order valence-electron chi connectivity index (χ1n) is 5.85. The first kappa shape index (κ1) is 10.8. The van der Waals surface area contributed by atoms with Crippen LogP contribution < -0.4 is 4.90 Å². The molecule has 0 radical (unpaired) electrons. The minimum absolute atomic E-state index is 0.471. The topological polar surface area (TPSA) is 46.3 Å². The number of fused-ring (bicyclic) bond motifs is 1. The van der Waals surface area contributed by atoms with Gasteiger partial charge >= 0.3 is 0 Å². The number of nitrogens with zero attached hydrogens (tertiary/aromatic N) is 5. The summed E-state index contributed by atoms with van der Waals surface area (Å²) in [6.07, 6.45) is 3.92. The third-order valence-electron chi connectivity index (χ3n) is 3.31. The lowest BCUT2D eigenvalue weighted by Crippen LogP contribution is -2.34. The van der Waals surface area contributed by atoms with Crippen LogP contribution in [0.1, 0.15) is 19.8 Å². The molecule has 0 bridgehead atoms. The fraction of sp³-hybridized carbons (Fsp3) is 0.545. The van der Waals surface area contributed by atoms with Gasteiger partial charge in [0.05, 0.1) is 0 Å². The summed E-state index contributed by atoms with van der Waals surface area (Å²) in [6.45, 7) is 4.37. The van der Waals surface area contributed by atoms with E-state index in [1.54, 1.807) is 4.52 Å². The van der Waals surface area contributed by atoms with E-state index in [-0.39, 0.29) is 0 Å². The van der Waals surface area contributed by atoms with Crippen LogP contribution in [0.4, 0.5) is 5.82 Å². The average molecular weight is 252 g/mol. The largest absolute Gasteiger partial charge is 0.356 e. The first-order valence-corrected chi connectivity index (χ1v) is 6.23. The van der Waals surface area contributed by atoms with Crippen LogP contribution in [0.5, 0.6) is 0 Å². The molecule has 1 aliphatic rings. The summed E-state index contributed by atoms with van der Waals surface area (Å²) < 4.78 is 1.75. The van der Waals surface area contributed by atoms with Gasteiger partial charge < -0.3 is 4.90 Å². The minimum Gasteiger partial charge on any atom is -0.356 e. The van der Waals surface area contributed by atoms with Crippen molar-refractivity contribution in [3.63, 3.8) is 0 Å². The molecule has 6 heteroatoms. The molecular weight excluding hydrogens is 238 g/mol. The van der Waals surface area contributed by atoms with E-state index in [4.69, 9.17) is 11.6 Å². The highest BCUT2D eigenvalue weighted by atomic mass is 35.5. The molecule has 0 amide bonds. The normalized spacial score (nSPS) is 17.9. The second kappa shape index (κ2) is 4.14. The van der Waals surface area contributed by atoms with Crippen LogP contribution in [0, 0.1) is 5.92 Å². The molecule has 2 aromatic heterocycles. The predicted octanol–water partition coefficient (Wildman–Crippen LogP) is 2.01. The van der Waals surface area contributed by atoms with Crippen molar-refractivity contribution in [1.82, 2.24) is 19.6 Å². The second-order valence-corrected chi connectivity index (χ2v) is 4.97. The Balaban J connectivity index is 2.01. The molecule has 17 heavy (non-hydrogen) atoms. The van der Waals surface area contributed by atoms with Gasteiger partial charge in [-0.25, -0.2) is 0 Å². The molecule has 2 aromatic rings. The van der Waals surface area contributed by atoms with Crippen molar-refractivity contribution in [3.8, 4) is 0 Å². The zero-order valence-corrected chi connectivity index (χ0v) is 10.4. The van der Waals surface area contributed by atoms with E-state index in [2.05, 4.69) is 26.9 Å². The Kier molecular flexibility index (Phi) is 2.63. The smallest absolute Gasteiger partial charge is 0.255 e. The van der Waals surface area contributed by atoms with E-state index < -0.39 is 0 Å².